The summed E-state index contributed by atoms with van der Waals surface area (Å²) in [6, 6.07) is 0.208. The van der Waals surface area contributed by atoms with E-state index in [4.69, 9.17) is 5.11 Å². The highest BCUT2D eigenvalue weighted by Crippen LogP contribution is 2.07. The number of aromatic nitrogens is 3. The van der Waals surface area contributed by atoms with Gasteiger partial charge in [0, 0.05) is 20.3 Å². The first-order valence-corrected chi connectivity index (χ1v) is 6.33. The van der Waals surface area contributed by atoms with Crippen molar-refractivity contribution in [3.63, 3.8) is 0 Å². The largest absolute Gasteiger partial charge is 0.480 e. The zero-order chi connectivity index (χ0) is 16.6. The molecule has 116 valence electrons. The van der Waals surface area contributed by atoms with Crippen LogP contribution in [0.2, 0.25) is 0 Å². The lowest BCUT2D eigenvalue weighted by Gasteiger charge is -2.10. The molecule has 0 bridgehead atoms. The van der Waals surface area contributed by atoms with Gasteiger partial charge in [-0.25, -0.2) is 9.78 Å². The van der Waals surface area contributed by atoms with Crippen LogP contribution in [0.15, 0.2) is 21.9 Å². The van der Waals surface area contributed by atoms with Crippen LogP contribution < -0.4 is 16.6 Å². The third-order valence-corrected chi connectivity index (χ3v) is 3.27. The van der Waals surface area contributed by atoms with Crippen LogP contribution >= 0.6 is 0 Å². The summed E-state index contributed by atoms with van der Waals surface area (Å²) in [6.45, 7) is 1.32. The van der Waals surface area contributed by atoms with Crippen molar-refractivity contribution < 1.29 is 14.7 Å². The molecule has 2 heterocycles. The monoisotopic (exact) mass is 306 g/mol. The van der Waals surface area contributed by atoms with Crippen LogP contribution in [0.3, 0.4) is 0 Å². The Kier molecular flexibility index (Phi) is 3.81. The number of hydrogen-bond donors (Lipinski definition) is 2. The third-order valence-electron chi connectivity index (χ3n) is 3.27. The number of nitrogens with zero attached hydrogens (tertiary/aromatic N) is 3. The predicted octanol–water partition coefficient (Wildman–Crippen LogP) is -1.16. The molecule has 2 aromatic rings. The Morgan fingerprint density at radius 1 is 1.27 bits per heavy atom. The first-order valence-electron chi connectivity index (χ1n) is 6.33. The van der Waals surface area contributed by atoms with Gasteiger partial charge in [0.2, 0.25) is 0 Å². The first kappa shape index (κ1) is 15.4. The molecule has 0 radical (unpaired) electrons. The van der Waals surface area contributed by atoms with E-state index in [1.54, 1.807) is 0 Å². The number of aliphatic carboxylic acids is 1. The van der Waals surface area contributed by atoms with Gasteiger partial charge in [-0.05, 0) is 13.0 Å². The maximum Gasteiger partial charge on any atom is 0.332 e. The molecule has 0 aromatic carbocycles. The molecule has 2 N–H and O–H groups in total. The molecule has 0 aliphatic rings. The van der Waals surface area contributed by atoms with E-state index in [2.05, 4.69) is 10.3 Å². The minimum absolute atomic E-state index is 0.0383. The Labute approximate surface area is 123 Å². The summed E-state index contributed by atoms with van der Waals surface area (Å²) < 4.78 is 2.10. The van der Waals surface area contributed by atoms with Crippen LogP contribution in [0.4, 0.5) is 0 Å². The molecule has 1 atom stereocenters. The summed E-state index contributed by atoms with van der Waals surface area (Å²) in [6.07, 6.45) is 1.19. The quantitative estimate of drug-likeness (QED) is 0.737. The van der Waals surface area contributed by atoms with Crippen molar-refractivity contribution in [2.24, 2.45) is 14.1 Å². The Hall–Kier alpha value is -2.97. The molecule has 2 aromatic heterocycles. The van der Waals surface area contributed by atoms with E-state index in [0.29, 0.717) is 0 Å². The fourth-order valence-electron chi connectivity index (χ4n) is 1.93. The highest BCUT2D eigenvalue weighted by Gasteiger charge is 2.17. The lowest BCUT2D eigenvalue weighted by atomic mass is 10.2. The van der Waals surface area contributed by atoms with E-state index >= 15 is 0 Å². The summed E-state index contributed by atoms with van der Waals surface area (Å²) in [7, 11) is 2.78. The number of carboxylic acids is 1. The van der Waals surface area contributed by atoms with Crippen molar-refractivity contribution in [3.05, 3.63) is 38.7 Å². The van der Waals surface area contributed by atoms with Crippen LogP contribution in [0.5, 0.6) is 0 Å². The van der Waals surface area contributed by atoms with Crippen LogP contribution in [0.25, 0.3) is 11.0 Å². The number of carbonyl (C=O) groups excluding carboxylic acids is 1. The standard InChI is InChI=1S/C13H14N4O5/c1-6(12(20)21)15-10(18)7-4-8-9(14-5-7)16(2)13(22)17(3)11(8)19/h4-6H,1-3H3,(H,15,18)(H,20,21). The van der Waals surface area contributed by atoms with Gasteiger partial charge in [0.15, 0.2) is 0 Å². The van der Waals surface area contributed by atoms with Crippen LogP contribution in [0.1, 0.15) is 17.3 Å². The van der Waals surface area contributed by atoms with E-state index in [0.717, 1.165) is 4.57 Å². The smallest absolute Gasteiger partial charge is 0.332 e. The zero-order valence-electron chi connectivity index (χ0n) is 12.2. The molecule has 0 fully saturated rings. The fraction of sp³-hybridized carbons (Fsp3) is 0.308. The number of fused-ring (bicyclic) bond motifs is 1. The number of pyridine rings is 1. The van der Waals surface area contributed by atoms with Gasteiger partial charge in [0.25, 0.3) is 11.5 Å². The molecular formula is C13H14N4O5. The van der Waals surface area contributed by atoms with E-state index in [9.17, 15) is 19.2 Å². The molecule has 22 heavy (non-hydrogen) atoms. The summed E-state index contributed by atoms with van der Waals surface area (Å²) in [4.78, 5) is 50.5. The summed E-state index contributed by atoms with van der Waals surface area (Å²) in [5, 5.41) is 11.1. The number of hydrogen-bond acceptors (Lipinski definition) is 5. The number of amides is 1. The van der Waals surface area contributed by atoms with Crippen LogP contribution in [0, 0.1) is 0 Å². The van der Waals surface area contributed by atoms with Crippen molar-refractivity contribution >= 4 is 22.9 Å². The highest BCUT2D eigenvalue weighted by atomic mass is 16.4. The first-order chi connectivity index (χ1) is 10.2. The Bertz CT molecular complexity index is 896. The molecule has 2 rings (SSSR count). The van der Waals surface area contributed by atoms with Gasteiger partial charge in [0.05, 0.1) is 10.9 Å². The summed E-state index contributed by atoms with van der Waals surface area (Å²) in [5.74, 6) is -1.85. The average Bonchev–Trinajstić information content (AvgIpc) is 2.49. The van der Waals surface area contributed by atoms with E-state index in [-0.39, 0.29) is 16.6 Å². The molecular weight excluding hydrogens is 292 g/mol. The highest BCUT2D eigenvalue weighted by molar-refractivity contribution is 5.98. The lowest BCUT2D eigenvalue weighted by molar-refractivity contribution is -0.138. The minimum atomic E-state index is -1.18. The predicted molar refractivity (Wildman–Crippen MR) is 76.8 cm³/mol. The Morgan fingerprint density at radius 3 is 2.50 bits per heavy atom. The molecule has 0 aliphatic carbocycles. The second-order valence-corrected chi connectivity index (χ2v) is 4.83. The van der Waals surface area contributed by atoms with E-state index in [1.807, 2.05) is 0 Å². The normalized spacial score (nSPS) is 12.1. The van der Waals surface area contributed by atoms with E-state index in [1.165, 1.54) is 37.8 Å². The maximum atomic E-state index is 12.1. The maximum absolute atomic E-state index is 12.1. The Balaban J connectivity index is 2.56. The van der Waals surface area contributed by atoms with Gasteiger partial charge in [-0.1, -0.05) is 0 Å². The number of carbonyl (C=O) groups is 2. The second kappa shape index (κ2) is 5.43. The third kappa shape index (κ3) is 2.48. The molecule has 0 saturated carbocycles. The summed E-state index contributed by atoms with van der Waals surface area (Å²) in [5.41, 5.74) is -0.916. The van der Waals surface area contributed by atoms with Crippen molar-refractivity contribution in [1.29, 1.82) is 0 Å². The minimum Gasteiger partial charge on any atom is -0.480 e. The van der Waals surface area contributed by atoms with Crippen molar-refractivity contribution in [3.8, 4) is 0 Å². The average molecular weight is 306 g/mol. The van der Waals surface area contributed by atoms with Gasteiger partial charge < -0.3 is 10.4 Å². The molecule has 9 nitrogen and oxygen atoms in total. The topological polar surface area (TPSA) is 123 Å². The van der Waals surface area contributed by atoms with Crippen molar-refractivity contribution in [2.45, 2.75) is 13.0 Å². The molecule has 0 aliphatic heterocycles. The molecule has 9 heteroatoms. The molecule has 1 unspecified atom stereocenters. The van der Waals surface area contributed by atoms with Gasteiger partial charge >= 0.3 is 11.7 Å². The van der Waals surface area contributed by atoms with Gasteiger partial charge in [-0.2, -0.15) is 0 Å². The SMILES string of the molecule is CC(NC(=O)c1cnc2c(c1)c(=O)n(C)c(=O)n2C)C(=O)O. The molecule has 1 amide bonds. The fourth-order valence-corrected chi connectivity index (χ4v) is 1.93. The van der Waals surface area contributed by atoms with Gasteiger partial charge in [-0.3, -0.25) is 23.5 Å². The summed E-state index contributed by atoms with van der Waals surface area (Å²) >= 11 is 0. The number of aryl methyl sites for hydroxylation is 1. The van der Waals surface area contributed by atoms with E-state index < -0.39 is 29.2 Å². The van der Waals surface area contributed by atoms with Crippen molar-refractivity contribution in [2.75, 3.05) is 0 Å². The number of nitrogens with one attached hydrogen (secondary N) is 1. The molecule has 0 spiro atoms. The number of carboxylic acid groups (broad SMARTS) is 1. The second-order valence-electron chi connectivity index (χ2n) is 4.83. The Morgan fingerprint density at radius 2 is 1.91 bits per heavy atom. The van der Waals surface area contributed by atoms with Gasteiger partial charge in [-0.15, -0.1) is 0 Å². The zero-order valence-corrected chi connectivity index (χ0v) is 12.2. The molecule has 0 saturated heterocycles. The number of rotatable bonds is 3. The van der Waals surface area contributed by atoms with Crippen LogP contribution in [-0.4, -0.2) is 37.1 Å². The van der Waals surface area contributed by atoms with Crippen LogP contribution in [-0.2, 0) is 18.9 Å². The van der Waals surface area contributed by atoms with Crippen molar-refractivity contribution in [1.82, 2.24) is 19.4 Å². The lowest BCUT2D eigenvalue weighted by Crippen LogP contribution is -2.39. The van der Waals surface area contributed by atoms with Gasteiger partial charge in [0.1, 0.15) is 11.7 Å².